The SMILES string of the molecule is CC(NC(=O)C(CCC(N)=O)NC(=O)C(N)CCC(N)=O)C(=O)NC(Cc1ccccc1)C(=O)O. The first-order valence-electron chi connectivity index (χ1n) is 10.9. The Morgan fingerprint density at radius 3 is 1.89 bits per heavy atom. The van der Waals surface area contributed by atoms with Crippen molar-refractivity contribution < 1.29 is 33.9 Å². The number of carboxylic acid groups (broad SMARTS) is 1. The van der Waals surface area contributed by atoms with Gasteiger partial charge in [-0.2, -0.15) is 0 Å². The van der Waals surface area contributed by atoms with E-state index in [1.807, 2.05) is 0 Å². The Balaban J connectivity index is 2.79. The summed E-state index contributed by atoms with van der Waals surface area (Å²) in [5, 5.41) is 16.6. The number of hydrogen-bond donors (Lipinski definition) is 7. The van der Waals surface area contributed by atoms with Gasteiger partial charge in [-0.3, -0.25) is 24.0 Å². The standard InChI is InChI=1S/C22H32N6O7/c1-12(19(31)28-16(22(34)35)11-13-5-3-2-4-6-13)26-21(33)15(8-10-18(25)30)27-20(32)14(23)7-9-17(24)29/h2-6,12,14-16H,7-11,23H2,1H3,(H2,24,29)(H2,25,30)(H,26,33)(H,27,32)(H,28,31)(H,34,35). The topological polar surface area (TPSA) is 237 Å². The van der Waals surface area contributed by atoms with Gasteiger partial charge in [-0.25, -0.2) is 4.79 Å². The normalized spacial score (nSPS) is 14.0. The zero-order valence-corrected chi connectivity index (χ0v) is 19.4. The van der Waals surface area contributed by atoms with Gasteiger partial charge in [-0.1, -0.05) is 30.3 Å². The van der Waals surface area contributed by atoms with Gasteiger partial charge in [0.15, 0.2) is 0 Å². The van der Waals surface area contributed by atoms with Crippen molar-refractivity contribution in [2.75, 3.05) is 0 Å². The third-order valence-electron chi connectivity index (χ3n) is 5.00. The van der Waals surface area contributed by atoms with E-state index < -0.39 is 59.7 Å². The lowest BCUT2D eigenvalue weighted by atomic mass is 10.1. The minimum Gasteiger partial charge on any atom is -0.480 e. The summed E-state index contributed by atoms with van der Waals surface area (Å²) >= 11 is 0. The average molecular weight is 493 g/mol. The van der Waals surface area contributed by atoms with Gasteiger partial charge < -0.3 is 38.3 Å². The van der Waals surface area contributed by atoms with Gasteiger partial charge in [-0.05, 0) is 25.3 Å². The van der Waals surface area contributed by atoms with E-state index in [1.165, 1.54) is 6.92 Å². The van der Waals surface area contributed by atoms with Gasteiger partial charge in [0.1, 0.15) is 18.1 Å². The second-order valence-electron chi connectivity index (χ2n) is 8.00. The monoisotopic (exact) mass is 492 g/mol. The lowest BCUT2D eigenvalue weighted by molar-refractivity contribution is -0.142. The third kappa shape index (κ3) is 11.1. The molecular formula is C22H32N6O7. The molecular weight excluding hydrogens is 460 g/mol. The summed E-state index contributed by atoms with van der Waals surface area (Å²) in [7, 11) is 0. The molecule has 10 N–H and O–H groups in total. The number of amides is 5. The molecule has 4 atom stereocenters. The molecule has 0 aliphatic heterocycles. The molecule has 35 heavy (non-hydrogen) atoms. The van der Waals surface area contributed by atoms with Crippen molar-refractivity contribution in [1.82, 2.24) is 16.0 Å². The molecule has 0 bridgehead atoms. The Morgan fingerprint density at radius 1 is 0.800 bits per heavy atom. The Kier molecular flexibility index (Phi) is 11.9. The summed E-state index contributed by atoms with van der Waals surface area (Å²) in [6, 6.07) is 3.87. The number of rotatable bonds is 15. The Bertz CT molecular complexity index is 924. The number of aliphatic carboxylic acids is 1. The highest BCUT2D eigenvalue weighted by Crippen LogP contribution is 2.05. The number of hydrogen-bond acceptors (Lipinski definition) is 7. The minimum atomic E-state index is -1.26. The Labute approximate surface area is 202 Å². The van der Waals surface area contributed by atoms with Crippen LogP contribution in [0, 0.1) is 0 Å². The summed E-state index contributed by atoms with van der Waals surface area (Å²) in [4.78, 5) is 71.2. The van der Waals surface area contributed by atoms with Crippen molar-refractivity contribution in [2.45, 2.75) is 63.2 Å². The number of carbonyl (C=O) groups is 6. The molecule has 0 saturated carbocycles. The molecule has 0 aliphatic rings. The first kappa shape index (κ1) is 29.0. The molecule has 5 amide bonds. The number of nitrogens with two attached hydrogens (primary N) is 3. The lowest BCUT2D eigenvalue weighted by Crippen LogP contribution is -2.56. The van der Waals surface area contributed by atoms with E-state index in [1.54, 1.807) is 30.3 Å². The van der Waals surface area contributed by atoms with Crippen molar-refractivity contribution in [1.29, 1.82) is 0 Å². The van der Waals surface area contributed by atoms with Gasteiger partial charge in [0.2, 0.25) is 29.5 Å². The van der Waals surface area contributed by atoms with Crippen molar-refractivity contribution in [2.24, 2.45) is 17.2 Å². The maximum Gasteiger partial charge on any atom is 0.326 e. The molecule has 13 nitrogen and oxygen atoms in total. The second-order valence-corrected chi connectivity index (χ2v) is 8.00. The zero-order valence-electron chi connectivity index (χ0n) is 19.4. The molecule has 0 saturated heterocycles. The highest BCUT2D eigenvalue weighted by molar-refractivity contribution is 5.94. The maximum atomic E-state index is 12.7. The van der Waals surface area contributed by atoms with Crippen molar-refractivity contribution in [3.8, 4) is 0 Å². The number of carboxylic acids is 1. The van der Waals surface area contributed by atoms with Crippen LogP contribution in [0.3, 0.4) is 0 Å². The summed E-state index contributed by atoms with van der Waals surface area (Å²) in [5.74, 6) is -4.95. The predicted molar refractivity (Wildman–Crippen MR) is 124 cm³/mol. The van der Waals surface area contributed by atoms with Crippen LogP contribution in [0.25, 0.3) is 0 Å². The molecule has 13 heteroatoms. The molecule has 1 aromatic carbocycles. The predicted octanol–water partition coefficient (Wildman–Crippen LogP) is -2.35. The van der Waals surface area contributed by atoms with Gasteiger partial charge in [0, 0.05) is 19.3 Å². The van der Waals surface area contributed by atoms with Crippen LogP contribution in [0.2, 0.25) is 0 Å². The zero-order chi connectivity index (χ0) is 26.5. The van der Waals surface area contributed by atoms with Crippen LogP contribution in [-0.4, -0.2) is 64.8 Å². The van der Waals surface area contributed by atoms with Crippen LogP contribution in [0.4, 0.5) is 0 Å². The first-order chi connectivity index (χ1) is 16.4. The third-order valence-corrected chi connectivity index (χ3v) is 5.00. The molecule has 0 radical (unpaired) electrons. The van der Waals surface area contributed by atoms with Crippen LogP contribution in [0.1, 0.15) is 38.2 Å². The molecule has 0 aromatic heterocycles. The number of carbonyl (C=O) groups excluding carboxylic acids is 5. The van der Waals surface area contributed by atoms with Crippen LogP contribution >= 0.6 is 0 Å². The van der Waals surface area contributed by atoms with Crippen LogP contribution in [0.15, 0.2) is 30.3 Å². The second kappa shape index (κ2) is 14.3. The minimum absolute atomic E-state index is 0.0308. The number of primary amides is 2. The Morgan fingerprint density at radius 2 is 1.34 bits per heavy atom. The van der Waals surface area contributed by atoms with E-state index in [9.17, 15) is 33.9 Å². The van der Waals surface area contributed by atoms with Gasteiger partial charge in [0.05, 0.1) is 6.04 Å². The highest BCUT2D eigenvalue weighted by Gasteiger charge is 2.28. The molecule has 0 heterocycles. The van der Waals surface area contributed by atoms with E-state index in [4.69, 9.17) is 17.2 Å². The largest absolute Gasteiger partial charge is 0.480 e. The first-order valence-corrected chi connectivity index (χ1v) is 10.9. The Hall–Kier alpha value is -4.00. The van der Waals surface area contributed by atoms with Crippen molar-refractivity contribution in [3.63, 3.8) is 0 Å². The summed E-state index contributed by atoms with van der Waals surface area (Å²) in [6.45, 7) is 1.33. The van der Waals surface area contributed by atoms with Crippen LogP contribution < -0.4 is 33.2 Å². The summed E-state index contributed by atoms with van der Waals surface area (Å²) in [6.07, 6.45) is -0.577. The molecule has 0 spiro atoms. The fourth-order valence-electron chi connectivity index (χ4n) is 2.99. The fourth-order valence-corrected chi connectivity index (χ4v) is 2.99. The molecule has 4 unspecified atom stereocenters. The van der Waals surface area contributed by atoms with Gasteiger partial charge in [-0.15, -0.1) is 0 Å². The van der Waals surface area contributed by atoms with E-state index in [-0.39, 0.29) is 32.1 Å². The van der Waals surface area contributed by atoms with E-state index in [2.05, 4.69) is 16.0 Å². The van der Waals surface area contributed by atoms with E-state index >= 15 is 0 Å². The molecule has 0 fully saturated rings. The molecule has 1 aromatic rings. The maximum absolute atomic E-state index is 12.7. The van der Waals surface area contributed by atoms with E-state index in [0.717, 1.165) is 0 Å². The number of benzene rings is 1. The molecule has 1 rings (SSSR count). The fraction of sp³-hybridized carbons (Fsp3) is 0.455. The molecule has 192 valence electrons. The summed E-state index contributed by atoms with van der Waals surface area (Å²) < 4.78 is 0. The highest BCUT2D eigenvalue weighted by atomic mass is 16.4. The number of nitrogens with one attached hydrogen (secondary N) is 3. The van der Waals surface area contributed by atoms with E-state index in [0.29, 0.717) is 5.56 Å². The lowest BCUT2D eigenvalue weighted by Gasteiger charge is -2.23. The smallest absolute Gasteiger partial charge is 0.326 e. The molecule has 0 aliphatic carbocycles. The van der Waals surface area contributed by atoms with Crippen molar-refractivity contribution in [3.05, 3.63) is 35.9 Å². The quantitative estimate of drug-likeness (QED) is 0.139. The average Bonchev–Trinajstić information content (AvgIpc) is 2.79. The van der Waals surface area contributed by atoms with Gasteiger partial charge in [0.25, 0.3) is 0 Å². The van der Waals surface area contributed by atoms with Crippen LogP contribution in [-0.2, 0) is 35.2 Å². The van der Waals surface area contributed by atoms with Crippen molar-refractivity contribution >= 4 is 35.5 Å². The summed E-state index contributed by atoms with van der Waals surface area (Å²) in [5.41, 5.74) is 16.6. The van der Waals surface area contributed by atoms with Crippen LogP contribution in [0.5, 0.6) is 0 Å². The van der Waals surface area contributed by atoms with Gasteiger partial charge >= 0.3 is 5.97 Å².